The molecular weight excluding hydrogens is 296 g/mol. The first-order valence-electron chi connectivity index (χ1n) is 6.99. The fourth-order valence-corrected chi connectivity index (χ4v) is 2.23. The van der Waals surface area contributed by atoms with Gasteiger partial charge in [0.1, 0.15) is 17.5 Å². The number of ether oxygens (including phenoxy) is 1. The molecule has 0 N–H and O–H groups in total. The van der Waals surface area contributed by atoms with Gasteiger partial charge in [0.05, 0.1) is 17.6 Å². The lowest BCUT2D eigenvalue weighted by molar-refractivity contribution is 0.307. The van der Waals surface area contributed by atoms with E-state index in [9.17, 15) is 0 Å². The smallest absolute Gasteiger partial charge is 0.150 e. The number of aromatic nitrogens is 2. The molecule has 0 unspecified atom stereocenters. The molecule has 4 heteroatoms. The first-order valence-corrected chi connectivity index (χ1v) is 7.37. The van der Waals surface area contributed by atoms with E-state index in [0.29, 0.717) is 17.5 Å². The van der Waals surface area contributed by atoms with Crippen LogP contribution in [0.1, 0.15) is 11.3 Å². The van der Waals surface area contributed by atoms with E-state index >= 15 is 0 Å². The summed E-state index contributed by atoms with van der Waals surface area (Å²) in [6.07, 6.45) is 1.67. The monoisotopic (exact) mass is 310 g/mol. The van der Waals surface area contributed by atoms with E-state index in [2.05, 4.69) is 9.97 Å². The number of para-hydroxylation sites is 1. The Balaban J connectivity index is 1.88. The highest BCUT2D eigenvalue weighted by molar-refractivity contribution is 6.29. The van der Waals surface area contributed by atoms with Crippen LogP contribution in [0, 0.1) is 6.92 Å². The maximum absolute atomic E-state index is 5.95. The van der Waals surface area contributed by atoms with Gasteiger partial charge in [-0.15, -0.1) is 0 Å². The predicted molar refractivity (Wildman–Crippen MR) is 88.0 cm³/mol. The standard InChI is InChI=1S/C18H15ClN2O/c1-13-18(19)20-11-16(21-13)15-9-5-6-10-17(15)22-12-14-7-3-2-4-8-14/h2-11H,12H2,1H3. The SMILES string of the molecule is Cc1nc(-c2ccccc2OCc2ccccc2)cnc1Cl. The van der Waals surface area contributed by atoms with Crippen LogP contribution in [-0.4, -0.2) is 9.97 Å². The zero-order valence-electron chi connectivity index (χ0n) is 12.2. The Kier molecular flexibility index (Phi) is 4.35. The Bertz CT molecular complexity index is 775. The highest BCUT2D eigenvalue weighted by Crippen LogP contribution is 2.29. The van der Waals surface area contributed by atoms with Gasteiger partial charge in [-0.1, -0.05) is 54.1 Å². The molecule has 0 aliphatic heterocycles. The average Bonchev–Trinajstić information content (AvgIpc) is 2.57. The number of rotatable bonds is 4. The summed E-state index contributed by atoms with van der Waals surface area (Å²) in [6, 6.07) is 17.9. The van der Waals surface area contributed by atoms with Crippen LogP contribution in [-0.2, 0) is 6.61 Å². The van der Waals surface area contributed by atoms with Gasteiger partial charge in [-0.3, -0.25) is 0 Å². The summed E-state index contributed by atoms with van der Waals surface area (Å²) in [7, 11) is 0. The highest BCUT2D eigenvalue weighted by Gasteiger charge is 2.09. The largest absolute Gasteiger partial charge is 0.488 e. The molecule has 1 heterocycles. The van der Waals surface area contributed by atoms with Crippen molar-refractivity contribution in [2.24, 2.45) is 0 Å². The van der Waals surface area contributed by atoms with Crippen molar-refractivity contribution < 1.29 is 4.74 Å². The molecule has 2 aromatic carbocycles. The lowest BCUT2D eigenvalue weighted by Gasteiger charge is -2.11. The van der Waals surface area contributed by atoms with E-state index in [4.69, 9.17) is 16.3 Å². The second-order valence-corrected chi connectivity index (χ2v) is 5.26. The molecule has 3 rings (SSSR count). The van der Waals surface area contributed by atoms with Crippen molar-refractivity contribution in [1.82, 2.24) is 9.97 Å². The summed E-state index contributed by atoms with van der Waals surface area (Å²) in [4.78, 5) is 8.65. The van der Waals surface area contributed by atoms with Gasteiger partial charge in [-0.2, -0.15) is 0 Å². The lowest BCUT2D eigenvalue weighted by Crippen LogP contribution is -1.98. The summed E-state index contributed by atoms with van der Waals surface area (Å²) in [5.41, 5.74) is 3.49. The molecule has 3 nitrogen and oxygen atoms in total. The maximum Gasteiger partial charge on any atom is 0.150 e. The summed E-state index contributed by atoms with van der Waals surface area (Å²) >= 11 is 5.94. The zero-order chi connectivity index (χ0) is 15.4. The third-order valence-corrected chi connectivity index (χ3v) is 3.66. The predicted octanol–water partition coefficient (Wildman–Crippen LogP) is 4.68. The van der Waals surface area contributed by atoms with E-state index in [1.54, 1.807) is 6.20 Å². The van der Waals surface area contributed by atoms with Gasteiger partial charge in [-0.05, 0) is 24.6 Å². The van der Waals surface area contributed by atoms with Crippen molar-refractivity contribution in [3.05, 3.63) is 77.2 Å². The molecule has 0 radical (unpaired) electrons. The van der Waals surface area contributed by atoms with Gasteiger partial charge in [-0.25, -0.2) is 9.97 Å². The van der Waals surface area contributed by atoms with Gasteiger partial charge in [0, 0.05) is 5.56 Å². The number of hydrogen-bond donors (Lipinski definition) is 0. The van der Waals surface area contributed by atoms with E-state index in [0.717, 1.165) is 22.6 Å². The lowest BCUT2D eigenvalue weighted by atomic mass is 10.1. The number of nitrogens with zero attached hydrogens (tertiary/aromatic N) is 2. The summed E-state index contributed by atoms with van der Waals surface area (Å²) in [6.45, 7) is 2.35. The molecule has 0 aliphatic rings. The molecule has 3 aromatic rings. The molecule has 0 amide bonds. The van der Waals surface area contributed by atoms with Crippen LogP contribution < -0.4 is 4.74 Å². The molecule has 0 aliphatic carbocycles. The first kappa shape index (κ1) is 14.5. The van der Waals surface area contributed by atoms with Crippen LogP contribution in [0.15, 0.2) is 60.8 Å². The topological polar surface area (TPSA) is 35.0 Å². The van der Waals surface area contributed by atoms with Crippen LogP contribution in [0.2, 0.25) is 5.15 Å². The summed E-state index contributed by atoms with van der Waals surface area (Å²) in [5.74, 6) is 0.780. The molecule has 0 atom stereocenters. The molecule has 0 fully saturated rings. The van der Waals surface area contributed by atoms with Crippen LogP contribution in [0.25, 0.3) is 11.3 Å². The Morgan fingerprint density at radius 3 is 2.50 bits per heavy atom. The second-order valence-electron chi connectivity index (χ2n) is 4.90. The Morgan fingerprint density at radius 2 is 1.73 bits per heavy atom. The number of aryl methyl sites for hydroxylation is 1. The minimum absolute atomic E-state index is 0.423. The number of benzene rings is 2. The van der Waals surface area contributed by atoms with E-state index in [1.165, 1.54) is 0 Å². The minimum atomic E-state index is 0.423. The molecule has 0 spiro atoms. The highest BCUT2D eigenvalue weighted by atomic mass is 35.5. The van der Waals surface area contributed by atoms with Crippen molar-refractivity contribution in [3.63, 3.8) is 0 Å². The van der Waals surface area contributed by atoms with Crippen LogP contribution >= 0.6 is 11.6 Å². The fraction of sp³-hybridized carbons (Fsp3) is 0.111. The zero-order valence-corrected chi connectivity index (χ0v) is 12.9. The maximum atomic E-state index is 5.95. The van der Waals surface area contributed by atoms with Crippen molar-refractivity contribution in [2.75, 3.05) is 0 Å². The molecular formula is C18H15ClN2O. The van der Waals surface area contributed by atoms with Gasteiger partial charge < -0.3 is 4.74 Å². The minimum Gasteiger partial charge on any atom is -0.488 e. The van der Waals surface area contributed by atoms with Gasteiger partial charge in [0.15, 0.2) is 0 Å². The van der Waals surface area contributed by atoms with Crippen molar-refractivity contribution in [3.8, 4) is 17.0 Å². The van der Waals surface area contributed by atoms with Crippen molar-refractivity contribution >= 4 is 11.6 Å². The quantitative estimate of drug-likeness (QED) is 0.701. The Morgan fingerprint density at radius 1 is 1.00 bits per heavy atom. The van der Waals surface area contributed by atoms with Gasteiger partial charge in [0.2, 0.25) is 0 Å². The van der Waals surface area contributed by atoms with Crippen molar-refractivity contribution in [2.45, 2.75) is 13.5 Å². The third-order valence-electron chi connectivity index (χ3n) is 3.29. The van der Waals surface area contributed by atoms with E-state index in [1.807, 2.05) is 61.5 Å². The summed E-state index contributed by atoms with van der Waals surface area (Å²) in [5, 5.41) is 0.423. The number of hydrogen-bond acceptors (Lipinski definition) is 3. The molecule has 0 bridgehead atoms. The summed E-state index contributed by atoms with van der Waals surface area (Å²) < 4.78 is 5.95. The van der Waals surface area contributed by atoms with Crippen LogP contribution in [0.4, 0.5) is 0 Å². The van der Waals surface area contributed by atoms with Crippen LogP contribution in [0.3, 0.4) is 0 Å². The van der Waals surface area contributed by atoms with Gasteiger partial charge in [0.25, 0.3) is 0 Å². The van der Waals surface area contributed by atoms with Gasteiger partial charge >= 0.3 is 0 Å². The number of halogens is 1. The molecule has 22 heavy (non-hydrogen) atoms. The fourth-order valence-electron chi connectivity index (χ4n) is 2.14. The Hall–Kier alpha value is -2.39. The molecule has 110 valence electrons. The van der Waals surface area contributed by atoms with E-state index in [-0.39, 0.29) is 0 Å². The molecule has 0 saturated heterocycles. The molecule has 0 saturated carbocycles. The van der Waals surface area contributed by atoms with E-state index < -0.39 is 0 Å². The van der Waals surface area contributed by atoms with Crippen LogP contribution in [0.5, 0.6) is 5.75 Å². The second kappa shape index (κ2) is 6.58. The first-order chi connectivity index (χ1) is 10.7. The normalized spacial score (nSPS) is 10.5. The third kappa shape index (κ3) is 3.26. The molecule has 1 aromatic heterocycles. The van der Waals surface area contributed by atoms with Crippen molar-refractivity contribution in [1.29, 1.82) is 0 Å². The Labute approximate surface area is 134 Å². The average molecular weight is 311 g/mol.